The number of carbonyl (C=O) groups excluding carboxylic acids is 1. The highest BCUT2D eigenvalue weighted by atomic mass is 16.1. The molecular weight excluding hydrogens is 222 g/mol. The third kappa shape index (κ3) is 2.48. The molecule has 2 aromatic carbocycles. The van der Waals surface area contributed by atoms with Gasteiger partial charge in [0.15, 0.2) is 0 Å². The first kappa shape index (κ1) is 12.1. The molecule has 0 saturated heterocycles. The van der Waals surface area contributed by atoms with E-state index >= 15 is 0 Å². The average molecular weight is 237 g/mol. The maximum atomic E-state index is 11.3. The molecule has 0 aliphatic heterocycles. The maximum Gasteiger partial charge on any atom is 0.221 e. The Bertz CT molecular complexity index is 573. The molecule has 0 aliphatic carbocycles. The van der Waals surface area contributed by atoms with Crippen LogP contribution in [0.2, 0.25) is 0 Å². The van der Waals surface area contributed by atoms with Crippen molar-refractivity contribution in [3.63, 3.8) is 0 Å². The lowest BCUT2D eigenvalue weighted by Crippen LogP contribution is -2.08. The van der Waals surface area contributed by atoms with Gasteiger partial charge < -0.3 is 5.32 Å². The first-order valence-electron chi connectivity index (χ1n) is 5.81. The number of para-hydroxylation sites is 1. The van der Waals surface area contributed by atoms with Gasteiger partial charge in [-0.2, -0.15) is 0 Å². The van der Waals surface area contributed by atoms with Crippen molar-refractivity contribution in [2.45, 2.75) is 6.92 Å². The second-order valence-corrected chi connectivity index (χ2v) is 4.02. The van der Waals surface area contributed by atoms with E-state index in [1.165, 1.54) is 6.92 Å². The zero-order chi connectivity index (χ0) is 13.0. The Kier molecular flexibility index (Phi) is 3.58. The molecule has 1 N–H and O–H groups in total. The van der Waals surface area contributed by atoms with Crippen LogP contribution in [0.25, 0.3) is 17.2 Å². The van der Waals surface area contributed by atoms with Crippen molar-refractivity contribution >= 4 is 17.7 Å². The number of hydrogen-bond acceptors (Lipinski definition) is 1. The summed E-state index contributed by atoms with van der Waals surface area (Å²) >= 11 is 0. The van der Waals surface area contributed by atoms with Crippen LogP contribution in [0.1, 0.15) is 12.5 Å². The van der Waals surface area contributed by atoms with E-state index in [0.29, 0.717) is 0 Å². The minimum Gasteiger partial charge on any atom is -0.325 e. The second kappa shape index (κ2) is 5.32. The molecule has 1 amide bonds. The monoisotopic (exact) mass is 237 g/mol. The average Bonchev–Trinajstić information content (AvgIpc) is 2.39. The standard InChI is InChI=1S/C16H15NO/c1-3-13-10-7-11-15(16(13)17-12(2)18)14-8-5-4-6-9-14/h3-11H,1H2,2H3,(H,17,18). The van der Waals surface area contributed by atoms with Crippen molar-refractivity contribution in [1.82, 2.24) is 0 Å². The summed E-state index contributed by atoms with van der Waals surface area (Å²) in [5.74, 6) is -0.0820. The van der Waals surface area contributed by atoms with Crippen molar-refractivity contribution in [3.05, 3.63) is 60.7 Å². The molecule has 2 nitrogen and oxygen atoms in total. The molecule has 0 unspecified atom stereocenters. The van der Waals surface area contributed by atoms with E-state index in [-0.39, 0.29) is 5.91 Å². The smallest absolute Gasteiger partial charge is 0.221 e. The summed E-state index contributed by atoms with van der Waals surface area (Å²) in [7, 11) is 0. The fourth-order valence-electron chi connectivity index (χ4n) is 1.91. The number of anilines is 1. The van der Waals surface area contributed by atoms with Crippen LogP contribution in [0.4, 0.5) is 5.69 Å². The Labute approximate surface area is 107 Å². The SMILES string of the molecule is C=Cc1cccc(-c2ccccc2)c1NC(C)=O. The number of nitrogens with one attached hydrogen (secondary N) is 1. The van der Waals surface area contributed by atoms with Crippen molar-refractivity contribution < 1.29 is 4.79 Å². The lowest BCUT2D eigenvalue weighted by atomic mass is 10.00. The van der Waals surface area contributed by atoms with Gasteiger partial charge in [0.05, 0.1) is 5.69 Å². The summed E-state index contributed by atoms with van der Waals surface area (Å²) in [4.78, 5) is 11.3. The third-order valence-corrected chi connectivity index (χ3v) is 2.70. The molecule has 0 aromatic heterocycles. The minimum absolute atomic E-state index is 0.0820. The van der Waals surface area contributed by atoms with Gasteiger partial charge in [-0.05, 0) is 11.1 Å². The van der Waals surface area contributed by atoms with Gasteiger partial charge in [0, 0.05) is 12.5 Å². The normalized spacial score (nSPS) is 9.83. The summed E-state index contributed by atoms with van der Waals surface area (Å²) < 4.78 is 0. The Morgan fingerprint density at radius 2 is 1.83 bits per heavy atom. The van der Waals surface area contributed by atoms with Crippen molar-refractivity contribution in [2.75, 3.05) is 5.32 Å². The van der Waals surface area contributed by atoms with E-state index in [2.05, 4.69) is 11.9 Å². The van der Waals surface area contributed by atoms with Crippen molar-refractivity contribution in [1.29, 1.82) is 0 Å². The number of carbonyl (C=O) groups is 1. The molecular formula is C16H15NO. The van der Waals surface area contributed by atoms with E-state index in [9.17, 15) is 4.79 Å². The van der Waals surface area contributed by atoms with Crippen molar-refractivity contribution in [3.8, 4) is 11.1 Å². The highest BCUT2D eigenvalue weighted by Crippen LogP contribution is 2.31. The summed E-state index contributed by atoms with van der Waals surface area (Å²) in [5, 5.41) is 2.88. The van der Waals surface area contributed by atoms with E-state index in [1.807, 2.05) is 48.5 Å². The molecule has 0 fully saturated rings. The molecule has 18 heavy (non-hydrogen) atoms. The fourth-order valence-corrected chi connectivity index (χ4v) is 1.91. The van der Waals surface area contributed by atoms with Crippen LogP contribution in [-0.4, -0.2) is 5.91 Å². The summed E-state index contributed by atoms with van der Waals surface area (Å²) in [6.07, 6.45) is 1.75. The Morgan fingerprint density at radius 3 is 2.44 bits per heavy atom. The van der Waals surface area contributed by atoms with Crippen LogP contribution in [0.5, 0.6) is 0 Å². The predicted molar refractivity (Wildman–Crippen MR) is 76.3 cm³/mol. The predicted octanol–water partition coefficient (Wildman–Crippen LogP) is 3.96. The van der Waals surface area contributed by atoms with Crippen LogP contribution in [0.15, 0.2) is 55.1 Å². The van der Waals surface area contributed by atoms with Gasteiger partial charge in [0.25, 0.3) is 0 Å². The highest BCUT2D eigenvalue weighted by molar-refractivity contribution is 5.97. The van der Waals surface area contributed by atoms with Gasteiger partial charge in [-0.15, -0.1) is 0 Å². The van der Waals surface area contributed by atoms with E-state index in [4.69, 9.17) is 0 Å². The van der Waals surface area contributed by atoms with Crippen LogP contribution >= 0.6 is 0 Å². The Balaban J connectivity index is 2.59. The second-order valence-electron chi connectivity index (χ2n) is 4.02. The van der Waals surface area contributed by atoms with Crippen LogP contribution in [-0.2, 0) is 4.79 Å². The topological polar surface area (TPSA) is 29.1 Å². The van der Waals surface area contributed by atoms with Crippen LogP contribution < -0.4 is 5.32 Å². The van der Waals surface area contributed by atoms with Crippen LogP contribution in [0, 0.1) is 0 Å². The molecule has 0 bridgehead atoms. The molecule has 0 radical (unpaired) electrons. The molecule has 2 heteroatoms. The third-order valence-electron chi connectivity index (χ3n) is 2.70. The summed E-state index contributed by atoms with van der Waals surface area (Å²) in [6, 6.07) is 15.9. The molecule has 0 saturated carbocycles. The largest absolute Gasteiger partial charge is 0.325 e. The number of amides is 1. The molecule has 0 heterocycles. The van der Waals surface area contributed by atoms with E-state index in [0.717, 1.165) is 22.4 Å². The van der Waals surface area contributed by atoms with Gasteiger partial charge >= 0.3 is 0 Å². The van der Waals surface area contributed by atoms with Crippen molar-refractivity contribution in [2.24, 2.45) is 0 Å². The Morgan fingerprint density at radius 1 is 1.11 bits per heavy atom. The van der Waals surface area contributed by atoms with Crippen LogP contribution in [0.3, 0.4) is 0 Å². The zero-order valence-corrected chi connectivity index (χ0v) is 10.3. The van der Waals surface area contributed by atoms with Gasteiger partial charge in [-0.1, -0.05) is 61.2 Å². The van der Waals surface area contributed by atoms with Gasteiger partial charge in [0.1, 0.15) is 0 Å². The molecule has 0 atom stereocenters. The Hall–Kier alpha value is -2.35. The molecule has 2 rings (SSSR count). The van der Waals surface area contributed by atoms with Gasteiger partial charge in [0.2, 0.25) is 5.91 Å². The lowest BCUT2D eigenvalue weighted by molar-refractivity contribution is -0.114. The molecule has 0 aliphatic rings. The first-order chi connectivity index (χ1) is 8.72. The zero-order valence-electron chi connectivity index (χ0n) is 10.3. The van der Waals surface area contributed by atoms with E-state index < -0.39 is 0 Å². The van der Waals surface area contributed by atoms with E-state index in [1.54, 1.807) is 6.08 Å². The highest BCUT2D eigenvalue weighted by Gasteiger charge is 2.09. The maximum absolute atomic E-state index is 11.3. The molecule has 2 aromatic rings. The van der Waals surface area contributed by atoms with Gasteiger partial charge in [-0.25, -0.2) is 0 Å². The first-order valence-corrected chi connectivity index (χ1v) is 5.81. The van der Waals surface area contributed by atoms with Gasteiger partial charge in [-0.3, -0.25) is 4.79 Å². The lowest BCUT2D eigenvalue weighted by Gasteiger charge is -2.13. The molecule has 0 spiro atoms. The number of benzene rings is 2. The quantitative estimate of drug-likeness (QED) is 0.860. The minimum atomic E-state index is -0.0820. The number of rotatable bonds is 3. The number of hydrogen-bond donors (Lipinski definition) is 1. The molecule has 90 valence electrons. The fraction of sp³-hybridized carbons (Fsp3) is 0.0625. The summed E-state index contributed by atoms with van der Waals surface area (Å²) in [5.41, 5.74) is 3.81. The summed E-state index contributed by atoms with van der Waals surface area (Å²) in [6.45, 7) is 5.29.